The maximum absolute atomic E-state index is 4.17. The minimum Gasteiger partial charge on any atom is -0.378 e. The van der Waals surface area contributed by atoms with Crippen molar-refractivity contribution < 1.29 is 0 Å². The fourth-order valence-corrected chi connectivity index (χ4v) is 1.87. The molecule has 5 nitrogen and oxygen atoms in total. The van der Waals surface area contributed by atoms with Gasteiger partial charge in [-0.25, -0.2) is 4.98 Å². The van der Waals surface area contributed by atoms with Gasteiger partial charge < -0.3 is 10.3 Å². The van der Waals surface area contributed by atoms with Crippen LogP contribution in [0.5, 0.6) is 0 Å². The van der Waals surface area contributed by atoms with E-state index in [1.165, 1.54) is 0 Å². The molecule has 0 aliphatic rings. The van der Waals surface area contributed by atoms with E-state index in [4.69, 9.17) is 0 Å². The lowest BCUT2D eigenvalue weighted by molar-refractivity contribution is 1.05. The summed E-state index contributed by atoms with van der Waals surface area (Å²) < 4.78 is 0. The molecule has 0 spiro atoms. The maximum atomic E-state index is 4.17. The molecule has 3 aromatic rings. The number of aromatic amines is 2. The number of H-pyrrole nitrogens is 2. The summed E-state index contributed by atoms with van der Waals surface area (Å²) in [5.41, 5.74) is 3.15. The zero-order valence-corrected chi connectivity index (χ0v) is 9.49. The minimum absolute atomic E-state index is 0.721. The average molecular weight is 227 g/mol. The van der Waals surface area contributed by atoms with Crippen molar-refractivity contribution >= 4 is 16.6 Å². The first-order valence-corrected chi connectivity index (χ1v) is 5.49. The number of aromatic nitrogens is 4. The number of hydrogen-bond acceptors (Lipinski definition) is 3. The number of fused-ring (bicyclic) bond motifs is 1. The lowest BCUT2D eigenvalue weighted by Crippen LogP contribution is -2.00. The third kappa shape index (κ3) is 1.87. The molecule has 0 saturated heterocycles. The van der Waals surface area contributed by atoms with Crippen molar-refractivity contribution in [3.8, 4) is 0 Å². The molecule has 0 aliphatic heterocycles. The number of nitrogens with zero attached hydrogens (tertiary/aromatic N) is 2. The fraction of sp³-hybridized carbons (Fsp3) is 0.167. The van der Waals surface area contributed by atoms with Gasteiger partial charge in [-0.3, -0.25) is 5.10 Å². The molecule has 1 aromatic carbocycles. The second-order valence-corrected chi connectivity index (χ2v) is 3.99. The van der Waals surface area contributed by atoms with E-state index in [1.54, 1.807) is 0 Å². The molecule has 0 amide bonds. The predicted octanol–water partition coefficient (Wildman–Crippen LogP) is 2.21. The van der Waals surface area contributed by atoms with Gasteiger partial charge in [0.1, 0.15) is 5.82 Å². The van der Waals surface area contributed by atoms with Crippen molar-refractivity contribution in [1.29, 1.82) is 0 Å². The van der Waals surface area contributed by atoms with Gasteiger partial charge in [-0.15, -0.1) is 0 Å². The number of imidazole rings is 1. The van der Waals surface area contributed by atoms with Crippen molar-refractivity contribution in [2.24, 2.45) is 0 Å². The molecule has 0 bridgehead atoms. The molecule has 3 rings (SSSR count). The van der Waals surface area contributed by atoms with Crippen LogP contribution in [0.1, 0.15) is 11.5 Å². The summed E-state index contributed by atoms with van der Waals surface area (Å²) >= 11 is 0. The highest BCUT2D eigenvalue weighted by Gasteiger charge is 2.02. The third-order valence-electron chi connectivity index (χ3n) is 2.70. The second kappa shape index (κ2) is 3.93. The first kappa shape index (κ1) is 9.89. The number of anilines is 1. The Morgan fingerprint density at radius 2 is 2.24 bits per heavy atom. The van der Waals surface area contributed by atoms with E-state index in [9.17, 15) is 0 Å². The second-order valence-electron chi connectivity index (χ2n) is 3.99. The van der Waals surface area contributed by atoms with Crippen LogP contribution in [0.15, 0.2) is 30.6 Å². The van der Waals surface area contributed by atoms with Crippen LogP contribution < -0.4 is 5.32 Å². The van der Waals surface area contributed by atoms with Crippen molar-refractivity contribution in [3.05, 3.63) is 42.1 Å². The van der Waals surface area contributed by atoms with Crippen LogP contribution in [-0.2, 0) is 6.54 Å². The predicted molar refractivity (Wildman–Crippen MR) is 66.7 cm³/mol. The summed E-state index contributed by atoms with van der Waals surface area (Å²) in [6.45, 7) is 2.66. The van der Waals surface area contributed by atoms with E-state index in [2.05, 4.69) is 25.5 Å². The summed E-state index contributed by atoms with van der Waals surface area (Å²) in [5.74, 6) is 0.932. The highest BCUT2D eigenvalue weighted by atomic mass is 15.1. The van der Waals surface area contributed by atoms with E-state index in [0.717, 1.165) is 34.7 Å². The summed E-state index contributed by atoms with van der Waals surface area (Å²) in [6, 6.07) is 6.08. The number of para-hydroxylation sites is 1. The Bertz CT molecular complexity index is 637. The molecular weight excluding hydrogens is 214 g/mol. The summed E-state index contributed by atoms with van der Waals surface area (Å²) in [4.78, 5) is 7.35. The Hall–Kier alpha value is -2.30. The lowest BCUT2D eigenvalue weighted by Gasteiger charge is -2.05. The number of hydrogen-bond donors (Lipinski definition) is 3. The summed E-state index contributed by atoms with van der Waals surface area (Å²) in [6.07, 6.45) is 3.66. The van der Waals surface area contributed by atoms with Crippen molar-refractivity contribution in [1.82, 2.24) is 20.2 Å². The molecule has 0 saturated carbocycles. The minimum atomic E-state index is 0.721. The van der Waals surface area contributed by atoms with Gasteiger partial charge in [-0.1, -0.05) is 12.1 Å². The van der Waals surface area contributed by atoms with Gasteiger partial charge in [0.2, 0.25) is 0 Å². The summed E-state index contributed by atoms with van der Waals surface area (Å²) in [7, 11) is 0. The van der Waals surface area contributed by atoms with Gasteiger partial charge in [0.25, 0.3) is 0 Å². The first-order valence-electron chi connectivity index (χ1n) is 5.49. The topological polar surface area (TPSA) is 69.4 Å². The number of aryl methyl sites for hydroxylation is 1. The largest absolute Gasteiger partial charge is 0.378 e. The highest BCUT2D eigenvalue weighted by Crippen LogP contribution is 2.20. The number of benzene rings is 1. The van der Waals surface area contributed by atoms with Crippen LogP contribution in [0.4, 0.5) is 5.69 Å². The first-order chi connectivity index (χ1) is 8.33. The molecule has 5 heteroatoms. The third-order valence-corrected chi connectivity index (χ3v) is 2.70. The zero-order valence-electron chi connectivity index (χ0n) is 9.49. The SMILES string of the molecule is Cc1ncc(CNc2cccc3cn[nH]c23)[nH]1. The zero-order chi connectivity index (χ0) is 11.7. The van der Waals surface area contributed by atoms with E-state index in [0.29, 0.717) is 0 Å². The molecule has 17 heavy (non-hydrogen) atoms. The molecule has 2 aromatic heterocycles. The van der Waals surface area contributed by atoms with Crippen LogP contribution >= 0.6 is 0 Å². The Morgan fingerprint density at radius 3 is 3.06 bits per heavy atom. The van der Waals surface area contributed by atoms with Gasteiger partial charge in [0.15, 0.2) is 0 Å². The monoisotopic (exact) mass is 227 g/mol. The quantitative estimate of drug-likeness (QED) is 0.642. The highest BCUT2D eigenvalue weighted by molar-refractivity contribution is 5.89. The Morgan fingerprint density at radius 1 is 1.29 bits per heavy atom. The van der Waals surface area contributed by atoms with E-state index in [1.807, 2.05) is 37.5 Å². The number of rotatable bonds is 3. The molecule has 0 aliphatic carbocycles. The molecule has 0 unspecified atom stereocenters. The van der Waals surface area contributed by atoms with Gasteiger partial charge >= 0.3 is 0 Å². The molecule has 2 heterocycles. The smallest absolute Gasteiger partial charge is 0.103 e. The Balaban J connectivity index is 1.83. The lowest BCUT2D eigenvalue weighted by atomic mass is 10.2. The van der Waals surface area contributed by atoms with Crippen LogP contribution in [0.2, 0.25) is 0 Å². The Labute approximate surface area is 98.3 Å². The standard InChI is InChI=1S/C12H13N5/c1-8-13-6-10(16-8)7-14-11-4-2-3-9-5-15-17-12(9)11/h2-6,14H,7H2,1H3,(H,13,16)(H,15,17). The van der Waals surface area contributed by atoms with Crippen molar-refractivity contribution in [3.63, 3.8) is 0 Å². The molecule has 3 N–H and O–H groups in total. The fourth-order valence-electron chi connectivity index (χ4n) is 1.87. The van der Waals surface area contributed by atoms with Crippen LogP contribution in [0.25, 0.3) is 10.9 Å². The number of nitrogens with one attached hydrogen (secondary N) is 3. The van der Waals surface area contributed by atoms with Gasteiger partial charge in [0.05, 0.1) is 35.8 Å². The van der Waals surface area contributed by atoms with Gasteiger partial charge in [-0.05, 0) is 13.0 Å². The molecular formula is C12H13N5. The van der Waals surface area contributed by atoms with Crippen LogP contribution in [0.3, 0.4) is 0 Å². The van der Waals surface area contributed by atoms with E-state index < -0.39 is 0 Å². The van der Waals surface area contributed by atoms with Crippen molar-refractivity contribution in [2.75, 3.05) is 5.32 Å². The van der Waals surface area contributed by atoms with Crippen LogP contribution in [-0.4, -0.2) is 20.2 Å². The van der Waals surface area contributed by atoms with Crippen molar-refractivity contribution in [2.45, 2.75) is 13.5 Å². The van der Waals surface area contributed by atoms with E-state index in [-0.39, 0.29) is 0 Å². The molecule has 0 radical (unpaired) electrons. The van der Waals surface area contributed by atoms with Gasteiger partial charge in [-0.2, -0.15) is 5.10 Å². The molecule has 0 atom stereocenters. The summed E-state index contributed by atoms with van der Waals surface area (Å²) in [5, 5.41) is 11.5. The van der Waals surface area contributed by atoms with Crippen LogP contribution in [0, 0.1) is 6.92 Å². The Kier molecular flexibility index (Phi) is 2.29. The van der Waals surface area contributed by atoms with E-state index >= 15 is 0 Å². The maximum Gasteiger partial charge on any atom is 0.103 e. The molecule has 0 fully saturated rings. The van der Waals surface area contributed by atoms with Gasteiger partial charge in [0, 0.05) is 5.39 Å². The normalized spacial score (nSPS) is 10.9. The molecule has 86 valence electrons. The average Bonchev–Trinajstić information content (AvgIpc) is 2.94.